The summed E-state index contributed by atoms with van der Waals surface area (Å²) in [7, 11) is 2.11. The second-order valence-electron chi connectivity index (χ2n) is 7.57. The van der Waals surface area contributed by atoms with E-state index in [2.05, 4.69) is 47.2 Å². The van der Waals surface area contributed by atoms with Crippen LogP contribution in [-0.4, -0.2) is 49.9 Å². The number of phenolic OH excluding ortho intramolecular Hbond substituents is 1. The number of aromatic hydroxyl groups is 1. The lowest BCUT2D eigenvalue weighted by Gasteiger charge is -2.35. The first kappa shape index (κ1) is 16.7. The Kier molecular flexibility index (Phi) is 4.06. The highest BCUT2D eigenvalue weighted by molar-refractivity contribution is 5.78. The molecule has 0 spiro atoms. The minimum Gasteiger partial charge on any atom is -0.505 e. The Hall–Kier alpha value is -2.50. The maximum atomic E-state index is 11.1. The number of morpholine rings is 1. The molecule has 1 fully saturated rings. The van der Waals surface area contributed by atoms with E-state index in [0.29, 0.717) is 19.0 Å². The monoisotopic (exact) mass is 364 g/mol. The van der Waals surface area contributed by atoms with E-state index in [1.807, 2.05) is 6.07 Å². The highest BCUT2D eigenvalue weighted by Gasteiger charge is 2.29. The summed E-state index contributed by atoms with van der Waals surface area (Å²) in [6.45, 7) is 4.75. The summed E-state index contributed by atoms with van der Waals surface area (Å²) < 4.78 is 11.1. The Morgan fingerprint density at radius 1 is 1.07 bits per heavy atom. The average Bonchev–Trinajstić information content (AvgIpc) is 3.17. The molecule has 1 atom stereocenters. The first-order valence-electron chi connectivity index (χ1n) is 9.54. The SMILES string of the molecule is CN1Cc2c(ccc(N3CCOCC3)c2O)C(c2ccc3ccoc3c2)C1. The van der Waals surface area contributed by atoms with Gasteiger partial charge in [0, 0.05) is 43.0 Å². The van der Waals surface area contributed by atoms with Crippen LogP contribution in [0.15, 0.2) is 47.1 Å². The third kappa shape index (κ3) is 2.87. The van der Waals surface area contributed by atoms with Crippen LogP contribution < -0.4 is 4.90 Å². The van der Waals surface area contributed by atoms with Gasteiger partial charge in [0.05, 0.1) is 25.2 Å². The third-order valence-electron chi connectivity index (χ3n) is 5.83. The number of anilines is 1. The predicted molar refractivity (Wildman–Crippen MR) is 106 cm³/mol. The van der Waals surface area contributed by atoms with Crippen molar-refractivity contribution in [1.82, 2.24) is 4.90 Å². The van der Waals surface area contributed by atoms with Crippen molar-refractivity contribution in [2.75, 3.05) is 44.8 Å². The second kappa shape index (κ2) is 6.59. The summed E-state index contributed by atoms with van der Waals surface area (Å²) in [6, 6.07) is 12.7. The van der Waals surface area contributed by atoms with Crippen molar-refractivity contribution in [3.63, 3.8) is 0 Å². The van der Waals surface area contributed by atoms with Crippen molar-refractivity contribution in [2.24, 2.45) is 0 Å². The molecule has 0 aliphatic carbocycles. The van der Waals surface area contributed by atoms with Crippen LogP contribution in [0.25, 0.3) is 11.0 Å². The van der Waals surface area contributed by atoms with Crippen LogP contribution in [0, 0.1) is 0 Å². The van der Waals surface area contributed by atoms with Gasteiger partial charge in [-0.05, 0) is 36.4 Å². The molecular formula is C22H24N2O3. The van der Waals surface area contributed by atoms with Crippen LogP contribution in [0.3, 0.4) is 0 Å². The van der Waals surface area contributed by atoms with Gasteiger partial charge in [0.1, 0.15) is 11.3 Å². The minimum atomic E-state index is 0.220. The molecule has 0 amide bonds. The number of phenols is 1. The van der Waals surface area contributed by atoms with E-state index in [0.717, 1.165) is 48.4 Å². The van der Waals surface area contributed by atoms with Crippen LogP contribution >= 0.6 is 0 Å². The number of rotatable bonds is 2. The van der Waals surface area contributed by atoms with E-state index < -0.39 is 0 Å². The fourth-order valence-electron chi connectivity index (χ4n) is 4.41. The van der Waals surface area contributed by atoms with Crippen LogP contribution in [0.2, 0.25) is 0 Å². The van der Waals surface area contributed by atoms with Gasteiger partial charge in [-0.3, -0.25) is 0 Å². The van der Waals surface area contributed by atoms with Gasteiger partial charge in [-0.2, -0.15) is 0 Å². The molecular weight excluding hydrogens is 340 g/mol. The Bertz CT molecular complexity index is 975. The van der Waals surface area contributed by atoms with Crippen LogP contribution in [0.1, 0.15) is 22.6 Å². The molecule has 5 nitrogen and oxygen atoms in total. The minimum absolute atomic E-state index is 0.220. The van der Waals surface area contributed by atoms with Gasteiger partial charge < -0.3 is 24.1 Å². The van der Waals surface area contributed by atoms with Crippen LogP contribution in [0.4, 0.5) is 5.69 Å². The quantitative estimate of drug-likeness (QED) is 0.754. The summed E-state index contributed by atoms with van der Waals surface area (Å²) >= 11 is 0. The second-order valence-corrected chi connectivity index (χ2v) is 7.57. The maximum Gasteiger partial charge on any atom is 0.143 e. The zero-order valence-corrected chi connectivity index (χ0v) is 15.5. The lowest BCUT2D eigenvalue weighted by Crippen LogP contribution is -2.37. The van der Waals surface area contributed by atoms with Gasteiger partial charge in [-0.15, -0.1) is 0 Å². The van der Waals surface area contributed by atoms with E-state index in [9.17, 15) is 5.11 Å². The Labute approximate surface area is 158 Å². The number of hydrogen-bond acceptors (Lipinski definition) is 5. The highest BCUT2D eigenvalue weighted by atomic mass is 16.5. The Morgan fingerprint density at radius 2 is 1.93 bits per heavy atom. The number of hydrogen-bond donors (Lipinski definition) is 1. The van der Waals surface area contributed by atoms with E-state index in [4.69, 9.17) is 9.15 Å². The summed E-state index contributed by atoms with van der Waals surface area (Å²) in [6.07, 6.45) is 1.73. The molecule has 0 radical (unpaired) electrons. The molecule has 2 aromatic carbocycles. The zero-order chi connectivity index (χ0) is 18.4. The predicted octanol–water partition coefficient (Wildman–Crippen LogP) is 3.55. The van der Waals surface area contributed by atoms with Crippen molar-refractivity contribution in [3.05, 3.63) is 59.4 Å². The summed E-state index contributed by atoms with van der Waals surface area (Å²) in [5.41, 5.74) is 5.32. The molecule has 5 rings (SSSR count). The molecule has 27 heavy (non-hydrogen) atoms. The van der Waals surface area contributed by atoms with Gasteiger partial charge in [0.25, 0.3) is 0 Å². The molecule has 0 bridgehead atoms. The highest BCUT2D eigenvalue weighted by Crippen LogP contribution is 2.42. The van der Waals surface area contributed by atoms with E-state index in [1.54, 1.807) is 6.26 Å². The fourth-order valence-corrected chi connectivity index (χ4v) is 4.41. The van der Waals surface area contributed by atoms with Gasteiger partial charge >= 0.3 is 0 Å². The molecule has 1 unspecified atom stereocenters. The normalized spacial score (nSPS) is 20.8. The van der Waals surface area contributed by atoms with E-state index in [-0.39, 0.29) is 5.92 Å². The molecule has 3 aromatic rings. The van der Waals surface area contributed by atoms with Crippen molar-refractivity contribution in [2.45, 2.75) is 12.5 Å². The summed E-state index contributed by atoms with van der Waals surface area (Å²) in [5.74, 6) is 0.642. The van der Waals surface area contributed by atoms with Crippen LogP contribution in [0.5, 0.6) is 5.75 Å². The average molecular weight is 364 g/mol. The smallest absolute Gasteiger partial charge is 0.143 e. The Balaban J connectivity index is 1.57. The van der Waals surface area contributed by atoms with Gasteiger partial charge in [-0.1, -0.05) is 18.2 Å². The lowest BCUT2D eigenvalue weighted by molar-refractivity contribution is 0.122. The summed E-state index contributed by atoms with van der Waals surface area (Å²) in [4.78, 5) is 4.50. The third-order valence-corrected chi connectivity index (χ3v) is 5.83. The first-order chi connectivity index (χ1) is 13.2. The molecule has 2 aliphatic heterocycles. The van der Waals surface area contributed by atoms with Crippen molar-refractivity contribution >= 4 is 16.7 Å². The number of nitrogens with zero attached hydrogens (tertiary/aromatic N) is 2. The first-order valence-corrected chi connectivity index (χ1v) is 9.54. The molecule has 2 aliphatic rings. The topological polar surface area (TPSA) is 49.1 Å². The number of fused-ring (bicyclic) bond motifs is 2. The molecule has 1 aromatic heterocycles. The standard InChI is InChI=1S/C22H24N2O3/c1-23-13-18(16-3-2-15-6-9-27-21(15)12-16)17-4-5-20(22(25)19(17)14-23)24-7-10-26-11-8-24/h2-6,9,12,18,25H,7-8,10-11,13-14H2,1H3. The van der Waals surface area contributed by atoms with Crippen LogP contribution in [-0.2, 0) is 11.3 Å². The maximum absolute atomic E-state index is 11.1. The molecule has 140 valence electrons. The Morgan fingerprint density at radius 3 is 2.78 bits per heavy atom. The number of benzene rings is 2. The lowest BCUT2D eigenvalue weighted by atomic mass is 9.84. The summed E-state index contributed by atoms with van der Waals surface area (Å²) in [5, 5.41) is 12.2. The van der Waals surface area contributed by atoms with Gasteiger partial charge in [0.15, 0.2) is 0 Å². The fraction of sp³-hybridized carbons (Fsp3) is 0.364. The van der Waals surface area contributed by atoms with E-state index >= 15 is 0 Å². The van der Waals surface area contributed by atoms with Gasteiger partial charge in [-0.25, -0.2) is 0 Å². The number of ether oxygens (including phenoxy) is 1. The number of likely N-dealkylation sites (N-methyl/N-ethyl adjacent to an activating group) is 1. The molecule has 0 saturated carbocycles. The van der Waals surface area contributed by atoms with Crippen molar-refractivity contribution in [3.8, 4) is 5.75 Å². The molecule has 5 heteroatoms. The largest absolute Gasteiger partial charge is 0.505 e. The number of furan rings is 1. The van der Waals surface area contributed by atoms with Gasteiger partial charge in [0.2, 0.25) is 0 Å². The molecule has 3 heterocycles. The van der Waals surface area contributed by atoms with E-state index in [1.165, 1.54) is 11.1 Å². The molecule has 1 N–H and O–H groups in total. The molecule has 1 saturated heterocycles. The van der Waals surface area contributed by atoms with Crippen molar-refractivity contribution < 1.29 is 14.3 Å². The zero-order valence-electron chi connectivity index (χ0n) is 15.5. The van der Waals surface area contributed by atoms with Crippen molar-refractivity contribution in [1.29, 1.82) is 0 Å².